The number of halogens is 2. The summed E-state index contributed by atoms with van der Waals surface area (Å²) in [4.78, 5) is 8.40. The lowest BCUT2D eigenvalue weighted by molar-refractivity contribution is 0.628. The molecular formula is C14H9F2N3. The molecule has 5 heteroatoms. The molecule has 94 valence electrons. The summed E-state index contributed by atoms with van der Waals surface area (Å²) in [6.07, 6.45) is 0. The number of aromatic nitrogens is 2. The highest BCUT2D eigenvalue weighted by Crippen LogP contribution is 2.23. The van der Waals surface area contributed by atoms with Crippen LogP contribution in [0.5, 0.6) is 0 Å². The van der Waals surface area contributed by atoms with E-state index in [-0.39, 0.29) is 11.6 Å². The van der Waals surface area contributed by atoms with Crippen LogP contribution >= 0.6 is 0 Å². The maximum Gasteiger partial charge on any atom is 0.162 e. The van der Waals surface area contributed by atoms with Crippen molar-refractivity contribution in [2.24, 2.45) is 0 Å². The van der Waals surface area contributed by atoms with Gasteiger partial charge in [-0.2, -0.15) is 0 Å². The van der Waals surface area contributed by atoms with Crippen LogP contribution in [0.1, 0.15) is 0 Å². The van der Waals surface area contributed by atoms with Crippen LogP contribution in [0.25, 0.3) is 22.3 Å². The number of hydrogen-bond donors (Lipinski definition) is 1. The minimum atomic E-state index is -0.393. The lowest BCUT2D eigenvalue weighted by atomic mass is 10.2. The Bertz CT molecular complexity index is 754. The molecule has 3 rings (SSSR count). The normalized spacial score (nSPS) is 10.8. The van der Waals surface area contributed by atoms with Crippen molar-refractivity contribution in [2.45, 2.75) is 0 Å². The molecular weight excluding hydrogens is 248 g/mol. The molecule has 0 fully saturated rings. The summed E-state index contributed by atoms with van der Waals surface area (Å²) >= 11 is 0. The molecule has 0 unspecified atom stereocenters. The van der Waals surface area contributed by atoms with Gasteiger partial charge in [0.2, 0.25) is 0 Å². The van der Waals surface area contributed by atoms with Gasteiger partial charge in [0.05, 0.1) is 5.52 Å². The summed E-state index contributed by atoms with van der Waals surface area (Å²) in [6, 6.07) is 9.86. The van der Waals surface area contributed by atoms with Gasteiger partial charge in [-0.05, 0) is 36.4 Å². The van der Waals surface area contributed by atoms with E-state index in [0.717, 1.165) is 0 Å². The number of fused-ring (bicyclic) bond motifs is 1. The average molecular weight is 257 g/mol. The Labute approximate surface area is 107 Å². The molecule has 3 aromatic rings. The smallest absolute Gasteiger partial charge is 0.162 e. The molecule has 0 saturated heterocycles. The van der Waals surface area contributed by atoms with Crippen molar-refractivity contribution in [1.82, 2.24) is 9.97 Å². The second kappa shape index (κ2) is 4.28. The fourth-order valence-electron chi connectivity index (χ4n) is 1.86. The number of rotatable bonds is 1. The number of nitrogens with two attached hydrogens (primary N) is 1. The lowest BCUT2D eigenvalue weighted by Crippen LogP contribution is -1.98. The first-order valence-electron chi connectivity index (χ1n) is 5.62. The third-order valence-electron chi connectivity index (χ3n) is 2.79. The molecule has 0 amide bonds. The summed E-state index contributed by atoms with van der Waals surface area (Å²) in [5.74, 6) is -0.126. The molecule has 0 aliphatic carbocycles. The maximum absolute atomic E-state index is 13.2. The Balaban J connectivity index is 2.22. The minimum absolute atomic E-state index is 0.268. The molecule has 0 atom stereocenters. The van der Waals surface area contributed by atoms with E-state index in [1.807, 2.05) is 0 Å². The summed E-state index contributed by atoms with van der Waals surface area (Å²) in [7, 11) is 0. The first-order valence-corrected chi connectivity index (χ1v) is 5.62. The van der Waals surface area contributed by atoms with Gasteiger partial charge in [-0.1, -0.05) is 0 Å². The Hall–Kier alpha value is -2.56. The number of nitrogens with zero attached hydrogens (tertiary/aromatic N) is 2. The molecule has 0 spiro atoms. The summed E-state index contributed by atoms with van der Waals surface area (Å²) < 4.78 is 26.1. The Morgan fingerprint density at radius 2 is 1.53 bits per heavy atom. The summed E-state index contributed by atoms with van der Waals surface area (Å²) in [6.45, 7) is 0. The van der Waals surface area contributed by atoms with Crippen LogP contribution in [-0.4, -0.2) is 9.97 Å². The second-order valence-electron chi connectivity index (χ2n) is 4.10. The van der Waals surface area contributed by atoms with E-state index in [0.29, 0.717) is 22.3 Å². The van der Waals surface area contributed by atoms with Crippen molar-refractivity contribution in [3.8, 4) is 11.4 Å². The Morgan fingerprint density at radius 1 is 0.842 bits per heavy atom. The van der Waals surface area contributed by atoms with E-state index in [4.69, 9.17) is 5.73 Å². The second-order valence-corrected chi connectivity index (χ2v) is 4.10. The predicted octanol–water partition coefficient (Wildman–Crippen LogP) is 3.16. The molecule has 1 aromatic heterocycles. The van der Waals surface area contributed by atoms with Gasteiger partial charge in [0, 0.05) is 17.0 Å². The molecule has 1 heterocycles. The monoisotopic (exact) mass is 257 g/mol. The molecule has 19 heavy (non-hydrogen) atoms. The van der Waals surface area contributed by atoms with Crippen molar-refractivity contribution < 1.29 is 8.78 Å². The van der Waals surface area contributed by atoms with Crippen LogP contribution in [0.15, 0.2) is 42.5 Å². The Kier molecular flexibility index (Phi) is 2.59. The van der Waals surface area contributed by atoms with Gasteiger partial charge in [0.1, 0.15) is 17.5 Å². The average Bonchev–Trinajstić information content (AvgIpc) is 2.38. The number of anilines is 1. The number of hydrogen-bond acceptors (Lipinski definition) is 3. The molecule has 2 aromatic carbocycles. The van der Waals surface area contributed by atoms with E-state index in [9.17, 15) is 8.78 Å². The molecule has 0 radical (unpaired) electrons. The predicted molar refractivity (Wildman–Crippen MR) is 69.3 cm³/mol. The standard InChI is InChI=1S/C14H9F2N3/c15-9-3-1-8(2-4-9)14-18-12-7-10(16)5-6-11(12)13(17)19-14/h1-7H,(H2,17,18,19). The lowest BCUT2D eigenvalue weighted by Gasteiger charge is -2.05. The third kappa shape index (κ3) is 2.10. The first kappa shape index (κ1) is 11.5. The van der Waals surface area contributed by atoms with Crippen molar-refractivity contribution >= 4 is 16.7 Å². The SMILES string of the molecule is Nc1nc(-c2ccc(F)cc2)nc2cc(F)ccc12. The van der Waals surface area contributed by atoms with Crippen molar-refractivity contribution in [2.75, 3.05) is 5.73 Å². The number of nitrogen functional groups attached to an aromatic ring is 1. The van der Waals surface area contributed by atoms with Crippen LogP contribution < -0.4 is 5.73 Å². The van der Waals surface area contributed by atoms with Gasteiger partial charge < -0.3 is 5.73 Å². The van der Waals surface area contributed by atoms with Crippen LogP contribution in [0.2, 0.25) is 0 Å². The zero-order chi connectivity index (χ0) is 13.4. The van der Waals surface area contributed by atoms with Gasteiger partial charge >= 0.3 is 0 Å². The summed E-state index contributed by atoms with van der Waals surface area (Å²) in [5, 5.41) is 0.590. The highest BCUT2D eigenvalue weighted by molar-refractivity contribution is 5.89. The van der Waals surface area contributed by atoms with Crippen LogP contribution in [0.3, 0.4) is 0 Å². The van der Waals surface area contributed by atoms with E-state index < -0.39 is 5.82 Å². The fourth-order valence-corrected chi connectivity index (χ4v) is 1.86. The zero-order valence-corrected chi connectivity index (χ0v) is 9.77. The highest BCUT2D eigenvalue weighted by atomic mass is 19.1. The number of benzene rings is 2. The Morgan fingerprint density at radius 3 is 2.26 bits per heavy atom. The van der Waals surface area contributed by atoms with E-state index in [1.165, 1.54) is 30.3 Å². The van der Waals surface area contributed by atoms with Crippen LogP contribution in [-0.2, 0) is 0 Å². The molecule has 0 aliphatic heterocycles. The summed E-state index contributed by atoms with van der Waals surface area (Å²) in [5.41, 5.74) is 6.87. The fraction of sp³-hybridized carbons (Fsp3) is 0. The largest absolute Gasteiger partial charge is 0.383 e. The van der Waals surface area contributed by atoms with E-state index in [2.05, 4.69) is 9.97 Å². The van der Waals surface area contributed by atoms with Gasteiger partial charge in [-0.25, -0.2) is 18.7 Å². The van der Waals surface area contributed by atoms with Crippen LogP contribution in [0, 0.1) is 11.6 Å². The van der Waals surface area contributed by atoms with E-state index in [1.54, 1.807) is 12.1 Å². The van der Waals surface area contributed by atoms with E-state index >= 15 is 0 Å². The quantitative estimate of drug-likeness (QED) is 0.728. The topological polar surface area (TPSA) is 51.8 Å². The molecule has 0 saturated carbocycles. The van der Waals surface area contributed by atoms with Crippen molar-refractivity contribution in [1.29, 1.82) is 0 Å². The third-order valence-corrected chi connectivity index (χ3v) is 2.79. The highest BCUT2D eigenvalue weighted by Gasteiger charge is 2.08. The zero-order valence-electron chi connectivity index (χ0n) is 9.77. The van der Waals surface area contributed by atoms with Gasteiger partial charge in [-0.3, -0.25) is 0 Å². The van der Waals surface area contributed by atoms with Crippen LogP contribution in [0.4, 0.5) is 14.6 Å². The van der Waals surface area contributed by atoms with Gasteiger partial charge in [0.25, 0.3) is 0 Å². The van der Waals surface area contributed by atoms with Crippen molar-refractivity contribution in [3.63, 3.8) is 0 Å². The minimum Gasteiger partial charge on any atom is -0.383 e. The molecule has 0 bridgehead atoms. The first-order chi connectivity index (χ1) is 9.13. The molecule has 0 aliphatic rings. The molecule has 3 nitrogen and oxygen atoms in total. The molecule has 2 N–H and O–H groups in total. The maximum atomic E-state index is 13.2. The van der Waals surface area contributed by atoms with Gasteiger partial charge in [-0.15, -0.1) is 0 Å². The van der Waals surface area contributed by atoms with Crippen molar-refractivity contribution in [3.05, 3.63) is 54.1 Å². The van der Waals surface area contributed by atoms with Gasteiger partial charge in [0.15, 0.2) is 5.82 Å².